The maximum absolute atomic E-state index is 12.6. The number of carbonyl (C=O) groups excluding carboxylic acids is 1. The first-order valence-corrected chi connectivity index (χ1v) is 9.26. The third-order valence-corrected chi connectivity index (χ3v) is 5.69. The Labute approximate surface area is 164 Å². The molecule has 3 aromatic rings. The van der Waals surface area contributed by atoms with E-state index in [2.05, 4.69) is 9.97 Å². The summed E-state index contributed by atoms with van der Waals surface area (Å²) in [5.41, 5.74) is 6.80. The molecule has 0 radical (unpaired) electrons. The van der Waals surface area contributed by atoms with Crippen LogP contribution in [0.25, 0.3) is 10.2 Å². The largest absolute Gasteiger partial charge is 0.496 e. The number of nitrogen functional groups attached to an aromatic ring is 1. The zero-order valence-corrected chi connectivity index (χ0v) is 16.7. The minimum Gasteiger partial charge on any atom is -0.496 e. The molecule has 0 amide bonds. The zero-order valence-electron chi connectivity index (χ0n) is 15.2. The van der Waals surface area contributed by atoms with Gasteiger partial charge < -0.3 is 20.2 Å². The number of nitrogens with zero attached hydrogens (tertiary/aromatic N) is 1. The Balaban J connectivity index is 1.93. The maximum atomic E-state index is 12.6. The summed E-state index contributed by atoms with van der Waals surface area (Å²) in [5.74, 6) is -0.152. The van der Waals surface area contributed by atoms with Crippen molar-refractivity contribution in [3.63, 3.8) is 0 Å². The molecule has 3 rings (SSSR count). The molecule has 2 heterocycles. The number of hydrogen-bond donors (Lipinski definition) is 2. The van der Waals surface area contributed by atoms with E-state index in [1.807, 2.05) is 13.8 Å². The molecule has 0 saturated carbocycles. The van der Waals surface area contributed by atoms with Crippen LogP contribution in [0.3, 0.4) is 0 Å². The summed E-state index contributed by atoms with van der Waals surface area (Å²) < 4.78 is 10.6. The molecule has 1 aromatic carbocycles. The van der Waals surface area contributed by atoms with Crippen molar-refractivity contribution in [3.05, 3.63) is 49.3 Å². The molecule has 27 heavy (non-hydrogen) atoms. The monoisotopic (exact) mass is 407 g/mol. The minimum absolute atomic E-state index is 0.134. The van der Waals surface area contributed by atoms with Gasteiger partial charge >= 0.3 is 5.97 Å². The number of hydrogen-bond acceptors (Lipinski definition) is 7. The van der Waals surface area contributed by atoms with Crippen molar-refractivity contribution in [2.75, 3.05) is 12.8 Å². The molecular weight excluding hydrogens is 390 g/mol. The Morgan fingerprint density at radius 2 is 2.07 bits per heavy atom. The molecule has 0 spiro atoms. The summed E-state index contributed by atoms with van der Waals surface area (Å²) in [5, 5.41) is 0.777. The van der Waals surface area contributed by atoms with E-state index in [9.17, 15) is 9.59 Å². The number of aromatic amines is 1. The number of carbonyl (C=O) groups is 1. The van der Waals surface area contributed by atoms with Crippen LogP contribution in [0.15, 0.2) is 16.9 Å². The van der Waals surface area contributed by atoms with Crippen molar-refractivity contribution in [1.82, 2.24) is 9.97 Å². The van der Waals surface area contributed by atoms with Gasteiger partial charge in [-0.3, -0.25) is 4.79 Å². The van der Waals surface area contributed by atoms with Gasteiger partial charge in [-0.15, -0.1) is 11.3 Å². The molecule has 7 nitrogen and oxygen atoms in total. The fourth-order valence-corrected chi connectivity index (χ4v) is 3.84. The second-order valence-electron chi connectivity index (χ2n) is 6.04. The van der Waals surface area contributed by atoms with E-state index in [4.69, 9.17) is 26.8 Å². The van der Waals surface area contributed by atoms with Crippen LogP contribution in [0.1, 0.15) is 39.7 Å². The Hall–Kier alpha value is -2.58. The summed E-state index contributed by atoms with van der Waals surface area (Å²) in [6.45, 7) is 5.44. The molecule has 9 heteroatoms. The predicted octanol–water partition coefficient (Wildman–Crippen LogP) is 3.76. The topological polar surface area (TPSA) is 107 Å². The fraction of sp³-hybridized carbons (Fsp3) is 0.278. The van der Waals surface area contributed by atoms with E-state index in [1.165, 1.54) is 30.6 Å². The Morgan fingerprint density at radius 1 is 1.37 bits per heavy atom. The number of benzene rings is 1. The van der Waals surface area contributed by atoms with Crippen LogP contribution in [0.5, 0.6) is 5.75 Å². The van der Waals surface area contributed by atoms with Crippen LogP contribution < -0.4 is 16.0 Å². The maximum Gasteiger partial charge on any atom is 0.342 e. The number of methoxy groups -OCH3 is 1. The molecule has 0 bridgehead atoms. The number of rotatable bonds is 4. The van der Waals surface area contributed by atoms with Gasteiger partial charge in [0.1, 0.15) is 16.1 Å². The first-order valence-electron chi connectivity index (χ1n) is 8.06. The minimum atomic E-state index is -0.779. The third kappa shape index (κ3) is 3.50. The number of fused-ring (bicyclic) bond motifs is 1. The van der Waals surface area contributed by atoms with Gasteiger partial charge in [-0.1, -0.05) is 11.6 Å². The molecule has 0 unspecified atom stereocenters. The molecule has 0 aliphatic heterocycles. The lowest BCUT2D eigenvalue weighted by Gasteiger charge is -2.15. The van der Waals surface area contributed by atoms with Crippen molar-refractivity contribution in [1.29, 1.82) is 0 Å². The predicted molar refractivity (Wildman–Crippen MR) is 106 cm³/mol. The number of ether oxygens (including phenoxy) is 2. The number of esters is 1. The lowest BCUT2D eigenvalue weighted by atomic mass is 10.2. The highest BCUT2D eigenvalue weighted by Crippen LogP contribution is 2.31. The van der Waals surface area contributed by atoms with E-state index in [0.29, 0.717) is 10.2 Å². The van der Waals surface area contributed by atoms with Crippen molar-refractivity contribution >= 4 is 44.8 Å². The molecule has 142 valence electrons. The van der Waals surface area contributed by atoms with Gasteiger partial charge in [0.05, 0.1) is 23.2 Å². The van der Waals surface area contributed by atoms with Gasteiger partial charge in [-0.05, 0) is 32.4 Å². The molecule has 0 aliphatic rings. The van der Waals surface area contributed by atoms with E-state index < -0.39 is 12.1 Å². The Bertz CT molecular complexity index is 1110. The highest BCUT2D eigenvalue weighted by Gasteiger charge is 2.22. The summed E-state index contributed by atoms with van der Waals surface area (Å²) in [6, 6.07) is 2.84. The summed E-state index contributed by atoms with van der Waals surface area (Å²) in [6.07, 6.45) is -0.779. The first-order chi connectivity index (χ1) is 12.7. The standard InChI is InChI=1S/C18H18ClN3O4S/c1-7-9(3)27-17-14(7)16(23)21-15(22-17)8(2)26-18(24)10-5-11(19)12(20)6-13(10)25-4/h5-6,8H,20H2,1-4H3,(H,21,22,23)/t8-/m1/s1. The highest BCUT2D eigenvalue weighted by molar-refractivity contribution is 7.18. The molecular formula is C18H18ClN3O4S. The smallest absolute Gasteiger partial charge is 0.342 e. The highest BCUT2D eigenvalue weighted by atomic mass is 35.5. The summed E-state index contributed by atoms with van der Waals surface area (Å²) >= 11 is 7.42. The lowest BCUT2D eigenvalue weighted by Crippen LogP contribution is -2.17. The van der Waals surface area contributed by atoms with Crippen LogP contribution in [0, 0.1) is 13.8 Å². The van der Waals surface area contributed by atoms with Crippen LogP contribution in [0.4, 0.5) is 5.69 Å². The third-order valence-electron chi connectivity index (χ3n) is 4.26. The van der Waals surface area contributed by atoms with Gasteiger partial charge in [0, 0.05) is 10.9 Å². The normalized spacial score (nSPS) is 12.2. The number of nitrogens with two attached hydrogens (primary N) is 1. The zero-order chi connectivity index (χ0) is 19.9. The van der Waals surface area contributed by atoms with Crippen molar-refractivity contribution in [2.24, 2.45) is 0 Å². The summed E-state index contributed by atoms with van der Waals surface area (Å²) in [7, 11) is 1.41. The quantitative estimate of drug-likeness (QED) is 0.503. The average molecular weight is 408 g/mol. The number of aromatic nitrogens is 2. The SMILES string of the molecule is COc1cc(N)c(Cl)cc1C(=O)O[C@H](C)c1nc2sc(C)c(C)c2c(=O)[nH]1. The van der Waals surface area contributed by atoms with Gasteiger partial charge in [-0.2, -0.15) is 0 Å². The number of halogens is 1. The number of thiophene rings is 1. The van der Waals surface area contributed by atoms with Gasteiger partial charge in [-0.25, -0.2) is 9.78 Å². The first kappa shape index (κ1) is 19.2. The van der Waals surface area contributed by atoms with E-state index >= 15 is 0 Å². The Kier molecular flexibility index (Phi) is 5.12. The van der Waals surface area contributed by atoms with E-state index in [0.717, 1.165) is 10.4 Å². The molecule has 0 saturated heterocycles. The number of nitrogens with one attached hydrogen (secondary N) is 1. The van der Waals surface area contributed by atoms with Gasteiger partial charge in [0.25, 0.3) is 5.56 Å². The van der Waals surface area contributed by atoms with Crippen LogP contribution in [-0.2, 0) is 4.74 Å². The van der Waals surface area contributed by atoms with E-state index in [1.54, 1.807) is 6.92 Å². The van der Waals surface area contributed by atoms with E-state index in [-0.39, 0.29) is 33.4 Å². The molecule has 3 N–H and O–H groups in total. The number of aryl methyl sites for hydroxylation is 2. The summed E-state index contributed by atoms with van der Waals surface area (Å²) in [4.78, 5) is 33.7. The number of anilines is 1. The van der Waals surface area contributed by atoms with Crippen LogP contribution in [0.2, 0.25) is 5.02 Å². The second kappa shape index (κ2) is 7.21. The van der Waals surface area contributed by atoms with Crippen molar-refractivity contribution < 1.29 is 14.3 Å². The van der Waals surface area contributed by atoms with Gasteiger partial charge in [0.15, 0.2) is 11.9 Å². The van der Waals surface area contributed by atoms with Crippen molar-refractivity contribution in [2.45, 2.75) is 26.9 Å². The lowest BCUT2D eigenvalue weighted by molar-refractivity contribution is 0.0316. The number of H-pyrrole nitrogens is 1. The molecule has 0 fully saturated rings. The Morgan fingerprint density at radius 3 is 2.74 bits per heavy atom. The average Bonchev–Trinajstić information content (AvgIpc) is 2.91. The van der Waals surface area contributed by atoms with Gasteiger partial charge in [0.2, 0.25) is 0 Å². The molecule has 2 aromatic heterocycles. The molecule has 0 aliphatic carbocycles. The van der Waals surface area contributed by atoms with Crippen molar-refractivity contribution in [3.8, 4) is 5.75 Å². The van der Waals surface area contributed by atoms with Crippen LogP contribution >= 0.6 is 22.9 Å². The fourth-order valence-electron chi connectivity index (χ4n) is 2.64. The van der Waals surface area contributed by atoms with Crippen LogP contribution in [-0.4, -0.2) is 23.0 Å². The second-order valence-corrected chi connectivity index (χ2v) is 7.65. The molecule has 1 atom stereocenters.